The normalized spacial score (nSPS) is 14.6. The second-order valence-electron chi connectivity index (χ2n) is 4.77. The number of aliphatic hydroxyl groups is 1. The standard InChI is InChI=1S/C16H16BrNO3/c17-13-8-11(9-15-16(13)21-7-6-20-15)14(10-19)18-12-4-2-1-3-5-12/h1-5,8-9,14,18-19H,6-7,10H2. The molecule has 0 spiro atoms. The van der Waals surface area contributed by atoms with Gasteiger partial charge in [0.1, 0.15) is 13.2 Å². The summed E-state index contributed by atoms with van der Waals surface area (Å²) in [6.07, 6.45) is 0. The summed E-state index contributed by atoms with van der Waals surface area (Å²) in [7, 11) is 0. The van der Waals surface area contributed by atoms with E-state index in [1.54, 1.807) is 0 Å². The van der Waals surface area contributed by atoms with Crippen molar-refractivity contribution in [2.45, 2.75) is 6.04 Å². The van der Waals surface area contributed by atoms with Crippen LogP contribution in [0, 0.1) is 0 Å². The van der Waals surface area contributed by atoms with Gasteiger partial charge in [-0.05, 0) is 45.8 Å². The van der Waals surface area contributed by atoms with Crippen LogP contribution in [0.1, 0.15) is 11.6 Å². The molecule has 110 valence electrons. The second-order valence-corrected chi connectivity index (χ2v) is 5.63. The van der Waals surface area contributed by atoms with Gasteiger partial charge < -0.3 is 19.9 Å². The number of benzene rings is 2. The molecule has 5 heteroatoms. The summed E-state index contributed by atoms with van der Waals surface area (Å²) in [6, 6.07) is 13.5. The minimum absolute atomic E-state index is 0.0129. The van der Waals surface area contributed by atoms with Gasteiger partial charge in [-0.1, -0.05) is 18.2 Å². The highest BCUT2D eigenvalue weighted by atomic mass is 79.9. The van der Waals surface area contributed by atoms with E-state index >= 15 is 0 Å². The number of hydrogen-bond donors (Lipinski definition) is 2. The van der Waals surface area contributed by atoms with Crippen LogP contribution in [0.25, 0.3) is 0 Å². The van der Waals surface area contributed by atoms with Gasteiger partial charge in [-0.2, -0.15) is 0 Å². The number of aliphatic hydroxyl groups excluding tert-OH is 1. The predicted molar refractivity (Wildman–Crippen MR) is 85.0 cm³/mol. The molecule has 0 fully saturated rings. The highest BCUT2D eigenvalue weighted by Gasteiger charge is 2.20. The Morgan fingerprint density at radius 1 is 1.14 bits per heavy atom. The number of halogens is 1. The molecule has 2 N–H and O–H groups in total. The highest BCUT2D eigenvalue weighted by Crippen LogP contribution is 2.40. The van der Waals surface area contributed by atoms with Crippen molar-refractivity contribution in [2.75, 3.05) is 25.1 Å². The summed E-state index contributed by atoms with van der Waals surface area (Å²) in [6.45, 7) is 1.08. The van der Waals surface area contributed by atoms with Gasteiger partial charge in [0.2, 0.25) is 0 Å². The molecular weight excluding hydrogens is 334 g/mol. The Hall–Kier alpha value is -1.72. The van der Waals surface area contributed by atoms with Crippen LogP contribution >= 0.6 is 15.9 Å². The molecule has 0 saturated heterocycles. The lowest BCUT2D eigenvalue weighted by atomic mass is 10.1. The lowest BCUT2D eigenvalue weighted by Crippen LogP contribution is -2.18. The van der Waals surface area contributed by atoms with Crippen molar-refractivity contribution in [3.63, 3.8) is 0 Å². The van der Waals surface area contributed by atoms with E-state index in [1.807, 2.05) is 42.5 Å². The third-order valence-electron chi connectivity index (χ3n) is 3.32. The lowest BCUT2D eigenvalue weighted by Gasteiger charge is -2.23. The van der Waals surface area contributed by atoms with E-state index in [9.17, 15) is 5.11 Å². The minimum atomic E-state index is -0.209. The topological polar surface area (TPSA) is 50.7 Å². The fourth-order valence-corrected chi connectivity index (χ4v) is 2.88. The molecule has 1 atom stereocenters. The van der Waals surface area contributed by atoms with Crippen molar-refractivity contribution in [3.8, 4) is 11.5 Å². The summed E-state index contributed by atoms with van der Waals surface area (Å²) in [5.41, 5.74) is 1.90. The molecule has 1 aliphatic rings. The van der Waals surface area contributed by atoms with E-state index in [2.05, 4.69) is 21.2 Å². The van der Waals surface area contributed by atoms with Crippen molar-refractivity contribution < 1.29 is 14.6 Å². The fraction of sp³-hybridized carbons (Fsp3) is 0.250. The van der Waals surface area contributed by atoms with Gasteiger partial charge in [0, 0.05) is 5.69 Å². The fourth-order valence-electron chi connectivity index (χ4n) is 2.30. The summed E-state index contributed by atoms with van der Waals surface area (Å²) in [5, 5.41) is 13.0. The van der Waals surface area contributed by atoms with Crippen LogP contribution in [-0.4, -0.2) is 24.9 Å². The van der Waals surface area contributed by atoms with Crippen molar-refractivity contribution in [3.05, 3.63) is 52.5 Å². The number of nitrogens with one attached hydrogen (secondary N) is 1. The van der Waals surface area contributed by atoms with Crippen LogP contribution in [0.2, 0.25) is 0 Å². The van der Waals surface area contributed by atoms with E-state index in [4.69, 9.17) is 9.47 Å². The molecule has 1 aliphatic heterocycles. The Balaban J connectivity index is 1.88. The largest absolute Gasteiger partial charge is 0.486 e. The zero-order chi connectivity index (χ0) is 14.7. The van der Waals surface area contributed by atoms with Crippen LogP contribution in [0.5, 0.6) is 11.5 Å². The smallest absolute Gasteiger partial charge is 0.175 e. The molecule has 4 nitrogen and oxygen atoms in total. The predicted octanol–water partition coefficient (Wildman–Crippen LogP) is 3.37. The minimum Gasteiger partial charge on any atom is -0.486 e. The Labute approximate surface area is 131 Å². The van der Waals surface area contributed by atoms with E-state index in [-0.39, 0.29) is 12.6 Å². The van der Waals surface area contributed by atoms with Crippen molar-refractivity contribution in [2.24, 2.45) is 0 Å². The number of fused-ring (bicyclic) bond motifs is 1. The van der Waals surface area contributed by atoms with E-state index < -0.39 is 0 Å². The van der Waals surface area contributed by atoms with Crippen LogP contribution in [0.4, 0.5) is 5.69 Å². The molecule has 0 saturated carbocycles. The highest BCUT2D eigenvalue weighted by molar-refractivity contribution is 9.10. The molecular formula is C16H16BrNO3. The second kappa shape index (κ2) is 6.37. The van der Waals surface area contributed by atoms with Crippen LogP contribution in [-0.2, 0) is 0 Å². The Kier molecular flexibility index (Phi) is 4.31. The molecule has 3 rings (SSSR count). The molecule has 21 heavy (non-hydrogen) atoms. The summed E-state index contributed by atoms with van der Waals surface area (Å²) < 4.78 is 12.0. The first-order chi connectivity index (χ1) is 10.3. The Morgan fingerprint density at radius 3 is 2.67 bits per heavy atom. The van der Waals surface area contributed by atoms with Gasteiger partial charge in [-0.15, -0.1) is 0 Å². The number of ether oxygens (including phenoxy) is 2. The molecule has 0 aliphatic carbocycles. The van der Waals surface area contributed by atoms with Crippen LogP contribution in [0.3, 0.4) is 0 Å². The Bertz CT molecular complexity index is 618. The maximum atomic E-state index is 9.69. The average Bonchev–Trinajstić information content (AvgIpc) is 2.53. The van der Waals surface area contributed by atoms with Gasteiger partial charge in [-0.25, -0.2) is 0 Å². The van der Waals surface area contributed by atoms with Crippen LogP contribution < -0.4 is 14.8 Å². The van der Waals surface area contributed by atoms with E-state index in [0.717, 1.165) is 21.5 Å². The zero-order valence-electron chi connectivity index (χ0n) is 11.4. The lowest BCUT2D eigenvalue weighted by molar-refractivity contribution is 0.170. The molecule has 2 aromatic rings. The first-order valence-electron chi connectivity index (χ1n) is 6.79. The molecule has 1 unspecified atom stereocenters. The van der Waals surface area contributed by atoms with Crippen molar-refractivity contribution in [1.82, 2.24) is 0 Å². The first kappa shape index (κ1) is 14.2. The van der Waals surface area contributed by atoms with E-state index in [1.165, 1.54) is 0 Å². The molecule has 0 radical (unpaired) electrons. The Morgan fingerprint density at radius 2 is 1.90 bits per heavy atom. The number of para-hydroxylation sites is 1. The third-order valence-corrected chi connectivity index (χ3v) is 3.91. The van der Waals surface area contributed by atoms with Gasteiger partial charge >= 0.3 is 0 Å². The number of hydrogen-bond acceptors (Lipinski definition) is 4. The molecule has 1 heterocycles. The number of anilines is 1. The van der Waals surface area contributed by atoms with Gasteiger partial charge in [0.05, 0.1) is 17.1 Å². The maximum absolute atomic E-state index is 9.69. The molecule has 0 aromatic heterocycles. The third kappa shape index (κ3) is 3.14. The zero-order valence-corrected chi connectivity index (χ0v) is 13.0. The monoisotopic (exact) mass is 349 g/mol. The maximum Gasteiger partial charge on any atom is 0.175 e. The molecule has 0 amide bonds. The van der Waals surface area contributed by atoms with Crippen LogP contribution in [0.15, 0.2) is 46.9 Å². The number of rotatable bonds is 4. The van der Waals surface area contributed by atoms with Gasteiger partial charge in [-0.3, -0.25) is 0 Å². The SMILES string of the molecule is OCC(Nc1ccccc1)c1cc(Br)c2c(c1)OCCO2. The van der Waals surface area contributed by atoms with E-state index in [0.29, 0.717) is 19.0 Å². The average molecular weight is 350 g/mol. The summed E-state index contributed by atoms with van der Waals surface area (Å²) in [4.78, 5) is 0. The molecule has 2 aromatic carbocycles. The van der Waals surface area contributed by atoms with Crippen molar-refractivity contribution >= 4 is 21.6 Å². The van der Waals surface area contributed by atoms with Crippen molar-refractivity contribution in [1.29, 1.82) is 0 Å². The summed E-state index contributed by atoms with van der Waals surface area (Å²) in [5.74, 6) is 1.43. The summed E-state index contributed by atoms with van der Waals surface area (Å²) >= 11 is 3.50. The molecule has 0 bridgehead atoms. The van der Waals surface area contributed by atoms with Gasteiger partial charge in [0.25, 0.3) is 0 Å². The quantitative estimate of drug-likeness (QED) is 0.888. The van der Waals surface area contributed by atoms with Gasteiger partial charge in [0.15, 0.2) is 11.5 Å². The first-order valence-corrected chi connectivity index (χ1v) is 7.58.